The highest BCUT2D eigenvalue weighted by atomic mass is 79.9. The highest BCUT2D eigenvalue weighted by Gasteiger charge is 2.20. The molecule has 0 saturated heterocycles. The van der Waals surface area contributed by atoms with E-state index in [4.69, 9.17) is 11.6 Å². The maximum atomic E-state index is 13.9. The van der Waals surface area contributed by atoms with Crippen LogP contribution in [0.4, 0.5) is 4.39 Å². The topological polar surface area (TPSA) is 12.0 Å². The largest absolute Gasteiger partial charge is 0.309 e. The second-order valence-electron chi connectivity index (χ2n) is 3.67. The van der Waals surface area contributed by atoms with E-state index in [9.17, 15) is 4.39 Å². The molecule has 0 spiro atoms. The van der Waals surface area contributed by atoms with Gasteiger partial charge in [0, 0.05) is 10.6 Å². The Labute approximate surface area is 131 Å². The summed E-state index contributed by atoms with van der Waals surface area (Å²) in [5.74, 6) is -0.270. The van der Waals surface area contributed by atoms with Gasteiger partial charge in [-0.15, -0.1) is 11.3 Å². The van der Waals surface area contributed by atoms with Crippen LogP contribution in [-0.2, 0) is 0 Å². The Balaban J connectivity index is 2.51. The van der Waals surface area contributed by atoms with Crippen LogP contribution in [0.5, 0.6) is 0 Å². The molecule has 1 atom stereocenters. The van der Waals surface area contributed by atoms with Gasteiger partial charge in [-0.3, -0.25) is 0 Å². The number of rotatable bonds is 3. The zero-order valence-corrected chi connectivity index (χ0v) is 14.1. The molecule has 0 fully saturated rings. The Bertz CT molecular complexity index is 573. The van der Waals surface area contributed by atoms with Gasteiger partial charge in [-0.25, -0.2) is 4.39 Å². The van der Waals surface area contributed by atoms with Crippen LogP contribution >= 0.6 is 54.8 Å². The first-order chi connectivity index (χ1) is 8.52. The summed E-state index contributed by atoms with van der Waals surface area (Å²) in [6.07, 6.45) is 0. The first-order valence-corrected chi connectivity index (χ1v) is 7.88. The van der Waals surface area contributed by atoms with Crippen LogP contribution in [0.3, 0.4) is 0 Å². The van der Waals surface area contributed by atoms with Crippen LogP contribution in [0.25, 0.3) is 0 Å². The van der Waals surface area contributed by atoms with Gasteiger partial charge in [-0.2, -0.15) is 0 Å². The Hall–Kier alpha value is 0.0600. The molecule has 0 aliphatic heterocycles. The van der Waals surface area contributed by atoms with Gasteiger partial charge in [0.25, 0.3) is 0 Å². The van der Waals surface area contributed by atoms with Crippen molar-refractivity contribution in [3.63, 3.8) is 0 Å². The molecule has 1 heterocycles. The molecule has 1 N–H and O–H groups in total. The highest BCUT2D eigenvalue weighted by molar-refractivity contribution is 9.12. The van der Waals surface area contributed by atoms with E-state index in [1.54, 1.807) is 30.5 Å². The SMILES string of the molecule is CNC(c1cc(Cl)ccc1F)c1cc(Br)sc1Br. The lowest BCUT2D eigenvalue weighted by molar-refractivity contribution is 0.576. The zero-order chi connectivity index (χ0) is 13.3. The standard InChI is InChI=1S/C12H9Br2ClFNS/c1-17-11(8-5-10(13)18-12(8)14)7-4-6(15)2-3-9(7)16/h2-5,11,17H,1H3. The van der Waals surface area contributed by atoms with Gasteiger partial charge in [0.2, 0.25) is 0 Å². The Morgan fingerprint density at radius 1 is 1.28 bits per heavy atom. The normalized spacial score (nSPS) is 12.7. The second-order valence-corrected chi connectivity index (χ2v) is 7.85. The predicted octanol–water partition coefficient (Wildman–Crippen LogP) is 5.37. The molecular weight excluding hydrogens is 404 g/mol. The van der Waals surface area contributed by atoms with Crippen LogP contribution in [0.15, 0.2) is 31.8 Å². The number of hydrogen-bond acceptors (Lipinski definition) is 2. The van der Waals surface area contributed by atoms with Crippen molar-refractivity contribution in [3.8, 4) is 0 Å². The number of nitrogens with one attached hydrogen (secondary N) is 1. The molecule has 6 heteroatoms. The number of benzene rings is 1. The van der Waals surface area contributed by atoms with Crippen molar-refractivity contribution in [2.24, 2.45) is 0 Å². The first-order valence-electron chi connectivity index (χ1n) is 5.10. The van der Waals surface area contributed by atoms with E-state index in [0.717, 1.165) is 13.1 Å². The minimum absolute atomic E-state index is 0.236. The van der Waals surface area contributed by atoms with Gasteiger partial charge in [0.05, 0.1) is 13.6 Å². The van der Waals surface area contributed by atoms with Crippen LogP contribution in [-0.4, -0.2) is 7.05 Å². The smallest absolute Gasteiger partial charge is 0.128 e. The molecule has 18 heavy (non-hydrogen) atoms. The van der Waals surface area contributed by atoms with Crippen LogP contribution in [0, 0.1) is 5.82 Å². The quantitative estimate of drug-likeness (QED) is 0.713. The molecule has 1 unspecified atom stereocenters. The average molecular weight is 414 g/mol. The van der Waals surface area contributed by atoms with E-state index >= 15 is 0 Å². The molecule has 2 rings (SSSR count). The second kappa shape index (κ2) is 6.01. The van der Waals surface area contributed by atoms with Crippen molar-refractivity contribution in [2.75, 3.05) is 7.05 Å². The maximum Gasteiger partial charge on any atom is 0.128 e. The molecule has 0 aliphatic carbocycles. The van der Waals surface area contributed by atoms with E-state index in [1.165, 1.54) is 6.07 Å². The van der Waals surface area contributed by atoms with Crippen molar-refractivity contribution in [2.45, 2.75) is 6.04 Å². The molecule has 0 aliphatic rings. The summed E-state index contributed by atoms with van der Waals surface area (Å²) in [4.78, 5) is 0. The van der Waals surface area contributed by atoms with Crippen LogP contribution in [0.2, 0.25) is 5.02 Å². The third-order valence-electron chi connectivity index (χ3n) is 2.55. The molecule has 1 nitrogen and oxygen atoms in total. The molecule has 1 aromatic carbocycles. The van der Waals surface area contributed by atoms with E-state index in [0.29, 0.717) is 10.6 Å². The van der Waals surface area contributed by atoms with Gasteiger partial charge >= 0.3 is 0 Å². The third kappa shape index (κ3) is 2.96. The molecule has 0 saturated carbocycles. The minimum Gasteiger partial charge on any atom is -0.309 e. The average Bonchev–Trinajstić information content (AvgIpc) is 2.64. The van der Waals surface area contributed by atoms with E-state index in [-0.39, 0.29) is 11.9 Å². The summed E-state index contributed by atoms with van der Waals surface area (Å²) >= 11 is 14.4. The molecule has 0 radical (unpaired) electrons. The third-order valence-corrected chi connectivity index (χ3v) is 5.17. The molecular formula is C12H9Br2ClFNS. The number of hydrogen-bond donors (Lipinski definition) is 1. The van der Waals surface area contributed by atoms with E-state index < -0.39 is 0 Å². The van der Waals surface area contributed by atoms with Gasteiger partial charge in [0.1, 0.15) is 5.82 Å². The fourth-order valence-electron chi connectivity index (χ4n) is 1.76. The summed E-state index contributed by atoms with van der Waals surface area (Å²) in [6, 6.07) is 6.32. The Morgan fingerprint density at radius 3 is 2.56 bits per heavy atom. The van der Waals surface area contributed by atoms with Crippen molar-refractivity contribution < 1.29 is 4.39 Å². The monoisotopic (exact) mass is 411 g/mol. The number of thiophene rings is 1. The number of halogens is 4. The molecule has 0 bridgehead atoms. The Kier molecular flexibility index (Phi) is 4.83. The van der Waals surface area contributed by atoms with Gasteiger partial charge in [0.15, 0.2) is 0 Å². The fraction of sp³-hybridized carbons (Fsp3) is 0.167. The maximum absolute atomic E-state index is 13.9. The van der Waals surface area contributed by atoms with E-state index in [1.807, 2.05) is 6.07 Å². The first kappa shape index (κ1) is 14.5. The fourth-order valence-corrected chi connectivity index (χ4v) is 4.85. The van der Waals surface area contributed by atoms with Gasteiger partial charge < -0.3 is 5.32 Å². The minimum atomic E-state index is -0.270. The summed E-state index contributed by atoms with van der Waals surface area (Å²) in [7, 11) is 1.79. The zero-order valence-electron chi connectivity index (χ0n) is 9.31. The predicted molar refractivity (Wildman–Crippen MR) is 82.0 cm³/mol. The summed E-state index contributed by atoms with van der Waals surface area (Å²) in [6.45, 7) is 0. The van der Waals surface area contributed by atoms with Crippen molar-refractivity contribution in [1.82, 2.24) is 5.32 Å². The van der Waals surface area contributed by atoms with Crippen molar-refractivity contribution in [1.29, 1.82) is 0 Å². The summed E-state index contributed by atoms with van der Waals surface area (Å²) in [5.41, 5.74) is 1.52. The highest BCUT2D eigenvalue weighted by Crippen LogP contribution is 2.38. The van der Waals surface area contributed by atoms with Crippen LogP contribution in [0.1, 0.15) is 17.2 Å². The summed E-state index contributed by atoms with van der Waals surface area (Å²) in [5, 5.41) is 3.64. The lowest BCUT2D eigenvalue weighted by Crippen LogP contribution is -2.18. The Morgan fingerprint density at radius 2 is 2.00 bits per heavy atom. The molecule has 2 aromatic rings. The van der Waals surface area contributed by atoms with Crippen molar-refractivity contribution >= 4 is 54.8 Å². The van der Waals surface area contributed by atoms with Crippen molar-refractivity contribution in [3.05, 3.63) is 53.8 Å². The lowest BCUT2D eigenvalue weighted by atomic mass is 10.0. The molecule has 0 amide bonds. The molecule has 1 aromatic heterocycles. The lowest BCUT2D eigenvalue weighted by Gasteiger charge is -2.17. The van der Waals surface area contributed by atoms with E-state index in [2.05, 4.69) is 37.2 Å². The van der Waals surface area contributed by atoms with Gasteiger partial charge in [-0.1, -0.05) is 11.6 Å². The van der Waals surface area contributed by atoms with Gasteiger partial charge in [-0.05, 0) is 68.7 Å². The summed E-state index contributed by atoms with van der Waals surface area (Å²) < 4.78 is 15.9. The van der Waals surface area contributed by atoms with Crippen LogP contribution < -0.4 is 5.32 Å². The molecule has 96 valence electrons.